The highest BCUT2D eigenvalue weighted by Gasteiger charge is 2.28. The van der Waals surface area contributed by atoms with Gasteiger partial charge in [0.2, 0.25) is 5.91 Å². The van der Waals surface area contributed by atoms with E-state index >= 15 is 0 Å². The van der Waals surface area contributed by atoms with E-state index in [1.54, 1.807) is 18.2 Å². The average Bonchev–Trinajstić information content (AvgIpc) is 3.23. The molecule has 0 heterocycles. The molecule has 3 N–H and O–H groups in total. The Morgan fingerprint density at radius 1 is 1.45 bits per heavy atom. The molecule has 1 saturated carbocycles. The fourth-order valence-corrected chi connectivity index (χ4v) is 2.47. The van der Waals surface area contributed by atoms with Gasteiger partial charge in [-0.15, -0.1) is 0 Å². The van der Waals surface area contributed by atoms with Crippen LogP contribution >= 0.6 is 11.6 Å². The monoisotopic (exact) mass is 295 g/mol. The average molecular weight is 296 g/mol. The quantitative estimate of drug-likeness (QED) is 0.760. The van der Waals surface area contributed by atoms with Crippen molar-refractivity contribution in [3.05, 3.63) is 23.2 Å². The zero-order valence-electron chi connectivity index (χ0n) is 11.9. The van der Waals surface area contributed by atoms with E-state index in [2.05, 4.69) is 17.1 Å². The third-order valence-corrected chi connectivity index (χ3v) is 3.72. The zero-order valence-corrected chi connectivity index (χ0v) is 12.6. The van der Waals surface area contributed by atoms with Gasteiger partial charge in [-0.05, 0) is 44.0 Å². The number of carbonyl (C=O) groups excluding carboxylic acids is 1. The molecule has 1 amide bonds. The minimum Gasteiger partial charge on any atom is -0.397 e. The van der Waals surface area contributed by atoms with Crippen molar-refractivity contribution in [3.63, 3.8) is 0 Å². The third-order valence-electron chi connectivity index (χ3n) is 3.49. The maximum absolute atomic E-state index is 12.0. The highest BCUT2D eigenvalue weighted by atomic mass is 35.5. The molecule has 4 nitrogen and oxygen atoms in total. The molecule has 0 unspecified atom stereocenters. The molecule has 20 heavy (non-hydrogen) atoms. The summed E-state index contributed by atoms with van der Waals surface area (Å²) in [6.45, 7) is 4.05. The number of anilines is 2. The van der Waals surface area contributed by atoms with E-state index in [0.717, 1.165) is 19.5 Å². The van der Waals surface area contributed by atoms with Crippen molar-refractivity contribution in [3.8, 4) is 0 Å². The van der Waals surface area contributed by atoms with Crippen molar-refractivity contribution < 1.29 is 4.79 Å². The lowest BCUT2D eigenvalue weighted by Gasteiger charge is -2.20. The van der Waals surface area contributed by atoms with Crippen LogP contribution in [0.15, 0.2) is 18.2 Å². The Balaban J connectivity index is 1.84. The molecule has 1 aliphatic rings. The lowest BCUT2D eigenvalue weighted by Crippen LogP contribution is -2.30. The van der Waals surface area contributed by atoms with Crippen LogP contribution in [0.5, 0.6) is 0 Å². The first-order valence-electron chi connectivity index (χ1n) is 7.19. The maximum Gasteiger partial charge on any atom is 0.225 e. The van der Waals surface area contributed by atoms with E-state index in [9.17, 15) is 4.79 Å². The number of nitrogens with one attached hydrogen (secondary N) is 1. The number of rotatable bonds is 7. The van der Waals surface area contributed by atoms with Crippen molar-refractivity contribution in [2.75, 3.05) is 24.1 Å². The summed E-state index contributed by atoms with van der Waals surface area (Å²) in [7, 11) is 0. The van der Waals surface area contributed by atoms with Gasteiger partial charge in [0.05, 0.1) is 11.4 Å². The second-order valence-electron chi connectivity index (χ2n) is 5.30. The number of nitrogen functional groups attached to an aromatic ring is 1. The third kappa shape index (κ3) is 4.39. The molecule has 0 aromatic heterocycles. The summed E-state index contributed by atoms with van der Waals surface area (Å²) in [6.07, 6.45) is 4.15. The van der Waals surface area contributed by atoms with Crippen LogP contribution in [0.4, 0.5) is 11.4 Å². The fraction of sp³-hybridized carbons (Fsp3) is 0.533. The van der Waals surface area contributed by atoms with Crippen molar-refractivity contribution >= 4 is 28.9 Å². The van der Waals surface area contributed by atoms with Crippen molar-refractivity contribution in [1.29, 1.82) is 0 Å². The molecule has 2 rings (SSSR count). The van der Waals surface area contributed by atoms with Gasteiger partial charge < -0.3 is 11.1 Å². The number of hydrogen-bond acceptors (Lipinski definition) is 3. The summed E-state index contributed by atoms with van der Waals surface area (Å²) >= 11 is 5.90. The number of hydrogen-bond donors (Lipinski definition) is 2. The molecule has 5 heteroatoms. The summed E-state index contributed by atoms with van der Waals surface area (Å²) in [4.78, 5) is 14.4. The smallest absolute Gasteiger partial charge is 0.225 e. The van der Waals surface area contributed by atoms with Gasteiger partial charge in [0.1, 0.15) is 0 Å². The van der Waals surface area contributed by atoms with Gasteiger partial charge in [-0.1, -0.05) is 18.5 Å². The number of nitrogens with two attached hydrogens (primary N) is 1. The summed E-state index contributed by atoms with van der Waals surface area (Å²) in [5.74, 6) is -0.0132. The Labute approximate surface area is 125 Å². The number of halogens is 1. The van der Waals surface area contributed by atoms with Gasteiger partial charge in [-0.2, -0.15) is 0 Å². The lowest BCUT2D eigenvalue weighted by molar-refractivity contribution is -0.116. The minimum atomic E-state index is -0.0132. The highest BCUT2D eigenvalue weighted by Crippen LogP contribution is 2.27. The number of amides is 1. The van der Waals surface area contributed by atoms with E-state index in [1.807, 2.05) is 0 Å². The molecular weight excluding hydrogens is 274 g/mol. The van der Waals surface area contributed by atoms with Crippen LogP contribution in [-0.2, 0) is 4.79 Å². The van der Waals surface area contributed by atoms with Crippen LogP contribution in [-0.4, -0.2) is 29.9 Å². The van der Waals surface area contributed by atoms with E-state index < -0.39 is 0 Å². The van der Waals surface area contributed by atoms with Gasteiger partial charge in [-0.25, -0.2) is 0 Å². The molecule has 0 radical (unpaired) electrons. The molecule has 1 aromatic carbocycles. The minimum absolute atomic E-state index is 0.0132. The summed E-state index contributed by atoms with van der Waals surface area (Å²) in [6, 6.07) is 5.78. The maximum atomic E-state index is 12.0. The lowest BCUT2D eigenvalue weighted by atomic mass is 10.2. The Morgan fingerprint density at radius 2 is 2.20 bits per heavy atom. The summed E-state index contributed by atoms with van der Waals surface area (Å²) in [5.41, 5.74) is 6.95. The Hall–Kier alpha value is -1.26. The van der Waals surface area contributed by atoms with Crippen molar-refractivity contribution in [2.45, 2.75) is 38.6 Å². The van der Waals surface area contributed by atoms with Crippen molar-refractivity contribution in [1.82, 2.24) is 4.90 Å². The van der Waals surface area contributed by atoms with Crippen molar-refractivity contribution in [2.24, 2.45) is 0 Å². The normalized spacial score (nSPS) is 14.6. The van der Waals surface area contributed by atoms with Gasteiger partial charge in [-0.3, -0.25) is 9.69 Å². The molecule has 0 atom stereocenters. The zero-order chi connectivity index (χ0) is 14.5. The molecule has 110 valence electrons. The van der Waals surface area contributed by atoms with Crippen LogP contribution in [0, 0.1) is 0 Å². The Morgan fingerprint density at radius 3 is 2.85 bits per heavy atom. The van der Waals surface area contributed by atoms with Gasteiger partial charge in [0.25, 0.3) is 0 Å². The topological polar surface area (TPSA) is 58.4 Å². The highest BCUT2D eigenvalue weighted by molar-refractivity contribution is 6.31. The van der Waals surface area contributed by atoms with E-state index in [-0.39, 0.29) is 5.91 Å². The first kappa shape index (κ1) is 15.1. The Bertz CT molecular complexity index is 474. The Kier molecular flexibility index (Phi) is 5.26. The summed E-state index contributed by atoms with van der Waals surface area (Å²) in [5, 5.41) is 3.40. The van der Waals surface area contributed by atoms with Crippen LogP contribution in [0.2, 0.25) is 5.02 Å². The molecule has 0 aliphatic heterocycles. The molecule has 1 aliphatic carbocycles. The standard InChI is InChI=1S/C15H22ClN3O/c1-2-8-19(12-4-5-12)9-7-15(20)18-14-10-11(16)3-6-13(14)17/h3,6,10,12H,2,4-5,7-9,17H2,1H3,(H,18,20). The number of benzene rings is 1. The van der Waals surface area contributed by atoms with Crippen LogP contribution in [0.3, 0.4) is 0 Å². The van der Waals surface area contributed by atoms with E-state index in [4.69, 9.17) is 17.3 Å². The first-order valence-corrected chi connectivity index (χ1v) is 7.57. The predicted molar refractivity (Wildman–Crippen MR) is 84.0 cm³/mol. The molecule has 0 saturated heterocycles. The van der Waals surface area contributed by atoms with Gasteiger partial charge in [0.15, 0.2) is 0 Å². The van der Waals surface area contributed by atoms with Crippen LogP contribution < -0.4 is 11.1 Å². The molecule has 1 aromatic rings. The van der Waals surface area contributed by atoms with Crippen LogP contribution in [0.25, 0.3) is 0 Å². The number of carbonyl (C=O) groups is 1. The second kappa shape index (κ2) is 6.95. The first-order chi connectivity index (χ1) is 9.60. The second-order valence-corrected chi connectivity index (χ2v) is 5.73. The van der Waals surface area contributed by atoms with E-state index in [0.29, 0.717) is 28.9 Å². The van der Waals surface area contributed by atoms with E-state index in [1.165, 1.54) is 12.8 Å². The fourth-order valence-electron chi connectivity index (χ4n) is 2.30. The SMILES string of the molecule is CCCN(CCC(=O)Nc1cc(Cl)ccc1N)C1CC1. The number of nitrogens with zero attached hydrogens (tertiary/aromatic N) is 1. The van der Waals surface area contributed by atoms with Crippen LogP contribution in [0.1, 0.15) is 32.6 Å². The van der Waals surface area contributed by atoms with Gasteiger partial charge in [0, 0.05) is 24.0 Å². The molecule has 1 fully saturated rings. The molecular formula is C15H22ClN3O. The molecule has 0 spiro atoms. The summed E-state index contributed by atoms with van der Waals surface area (Å²) < 4.78 is 0. The predicted octanol–water partition coefficient (Wildman–Crippen LogP) is 3.13. The largest absolute Gasteiger partial charge is 0.397 e. The molecule has 0 bridgehead atoms. The van der Waals surface area contributed by atoms with Gasteiger partial charge >= 0.3 is 0 Å².